The molecule has 0 radical (unpaired) electrons. The Bertz CT molecular complexity index is 1020. The fraction of sp³-hybridized carbons (Fsp3) is 0.231. The van der Waals surface area contributed by atoms with Crippen molar-refractivity contribution >= 4 is 35.2 Å². The van der Waals surface area contributed by atoms with E-state index in [1.807, 2.05) is 73.7 Å². The van der Waals surface area contributed by atoms with E-state index in [-0.39, 0.29) is 17.6 Å². The average molecular weight is 467 g/mol. The molecule has 0 aliphatic heterocycles. The summed E-state index contributed by atoms with van der Waals surface area (Å²) in [6.45, 7) is 2.36. The quantitative estimate of drug-likeness (QED) is 0.445. The molecule has 0 heterocycles. The van der Waals surface area contributed by atoms with Crippen molar-refractivity contribution in [2.75, 3.05) is 12.8 Å². The fourth-order valence-electron chi connectivity index (χ4n) is 3.37. The molecule has 0 aliphatic rings. The second-order valence-electron chi connectivity index (χ2n) is 7.57. The van der Waals surface area contributed by atoms with Gasteiger partial charge in [-0.3, -0.25) is 9.59 Å². The van der Waals surface area contributed by atoms with E-state index >= 15 is 0 Å². The first-order chi connectivity index (χ1) is 15.5. The molecule has 0 unspecified atom stereocenters. The van der Waals surface area contributed by atoms with Gasteiger partial charge in [0.25, 0.3) is 0 Å². The minimum absolute atomic E-state index is 0.0879. The van der Waals surface area contributed by atoms with Crippen molar-refractivity contribution in [1.82, 2.24) is 10.2 Å². The number of aryl methyl sites for hydroxylation is 1. The van der Waals surface area contributed by atoms with E-state index in [9.17, 15) is 9.59 Å². The summed E-state index contributed by atoms with van der Waals surface area (Å²) >= 11 is 7.51. The summed E-state index contributed by atoms with van der Waals surface area (Å²) in [5.74, 6) is -0.0228. The molecule has 0 aromatic heterocycles. The number of nitrogens with one attached hydrogen (secondary N) is 1. The number of hydrogen-bond donors (Lipinski definition) is 1. The molecule has 0 spiro atoms. The van der Waals surface area contributed by atoms with Crippen LogP contribution in [0.3, 0.4) is 0 Å². The van der Waals surface area contributed by atoms with Gasteiger partial charge in [-0.15, -0.1) is 11.8 Å². The van der Waals surface area contributed by atoms with Crippen LogP contribution < -0.4 is 5.32 Å². The van der Waals surface area contributed by atoms with Gasteiger partial charge in [0.2, 0.25) is 11.8 Å². The second kappa shape index (κ2) is 11.7. The Hall–Kier alpha value is -2.76. The lowest BCUT2D eigenvalue weighted by atomic mass is 10.0. The molecule has 6 heteroatoms. The highest BCUT2D eigenvalue weighted by molar-refractivity contribution is 8.00. The maximum atomic E-state index is 13.4. The van der Waals surface area contributed by atoms with Crippen LogP contribution in [0.2, 0.25) is 5.02 Å². The summed E-state index contributed by atoms with van der Waals surface area (Å²) in [7, 11) is 1.60. The molecule has 0 bridgehead atoms. The Kier molecular flexibility index (Phi) is 8.77. The van der Waals surface area contributed by atoms with Gasteiger partial charge < -0.3 is 10.2 Å². The lowest BCUT2D eigenvalue weighted by molar-refractivity contribution is -0.139. The van der Waals surface area contributed by atoms with Crippen molar-refractivity contribution in [2.45, 2.75) is 30.8 Å². The molecule has 0 fully saturated rings. The number of amides is 2. The van der Waals surface area contributed by atoms with Crippen LogP contribution in [0.15, 0.2) is 83.8 Å². The summed E-state index contributed by atoms with van der Waals surface area (Å²) < 4.78 is 0. The van der Waals surface area contributed by atoms with Crippen LogP contribution in [-0.4, -0.2) is 35.6 Å². The summed E-state index contributed by atoms with van der Waals surface area (Å²) in [6, 6.07) is 24.6. The number of benzene rings is 3. The minimum Gasteiger partial charge on any atom is -0.357 e. The van der Waals surface area contributed by atoms with E-state index in [4.69, 9.17) is 11.6 Å². The number of carbonyl (C=O) groups excluding carboxylic acids is 2. The SMILES string of the molecule is CNC(=O)[C@@H](Cc1ccccc1)N(Cc1ccc(Cl)cc1)C(=O)CSc1ccc(C)cc1. The zero-order valence-corrected chi connectivity index (χ0v) is 19.8. The van der Waals surface area contributed by atoms with E-state index in [1.54, 1.807) is 24.1 Å². The standard InChI is InChI=1S/C26H27ClN2O2S/c1-19-8-14-23(15-9-19)32-18-25(30)29(17-21-10-12-22(27)13-11-21)24(26(31)28-2)16-20-6-4-3-5-7-20/h3-15,24H,16-18H2,1-2H3,(H,28,31)/t24-/m1/s1. The first-order valence-electron chi connectivity index (χ1n) is 10.4. The fourth-order valence-corrected chi connectivity index (χ4v) is 4.28. The van der Waals surface area contributed by atoms with Gasteiger partial charge >= 0.3 is 0 Å². The van der Waals surface area contributed by atoms with Crippen LogP contribution in [0, 0.1) is 6.92 Å². The first kappa shape index (κ1) is 23.9. The molecule has 3 aromatic carbocycles. The third-order valence-electron chi connectivity index (χ3n) is 5.17. The molecule has 4 nitrogen and oxygen atoms in total. The van der Waals surface area contributed by atoms with E-state index in [0.29, 0.717) is 18.0 Å². The molecule has 1 N–H and O–H groups in total. The molecular weight excluding hydrogens is 440 g/mol. The zero-order chi connectivity index (χ0) is 22.9. The normalized spacial score (nSPS) is 11.6. The van der Waals surface area contributed by atoms with Gasteiger partial charge in [-0.2, -0.15) is 0 Å². The van der Waals surface area contributed by atoms with Gasteiger partial charge in [0.15, 0.2) is 0 Å². The van der Waals surface area contributed by atoms with Crippen LogP contribution in [-0.2, 0) is 22.6 Å². The molecule has 3 aromatic rings. The van der Waals surface area contributed by atoms with Crippen LogP contribution in [0.25, 0.3) is 0 Å². The molecule has 166 valence electrons. The third kappa shape index (κ3) is 6.87. The summed E-state index contributed by atoms with van der Waals surface area (Å²) in [6.07, 6.45) is 0.440. The van der Waals surface area contributed by atoms with Gasteiger partial charge in [-0.25, -0.2) is 0 Å². The third-order valence-corrected chi connectivity index (χ3v) is 6.42. The molecule has 2 amide bonds. The largest absolute Gasteiger partial charge is 0.357 e. The van der Waals surface area contributed by atoms with Gasteiger partial charge in [-0.05, 0) is 42.3 Å². The Labute approximate surface area is 199 Å². The topological polar surface area (TPSA) is 49.4 Å². The number of halogens is 1. The highest BCUT2D eigenvalue weighted by Gasteiger charge is 2.29. The lowest BCUT2D eigenvalue weighted by Crippen LogP contribution is -2.50. The lowest BCUT2D eigenvalue weighted by Gasteiger charge is -2.31. The molecule has 32 heavy (non-hydrogen) atoms. The maximum absolute atomic E-state index is 13.4. The number of rotatable bonds is 9. The smallest absolute Gasteiger partial charge is 0.242 e. The molecule has 0 aliphatic carbocycles. The van der Waals surface area contributed by atoms with Crippen molar-refractivity contribution in [3.8, 4) is 0 Å². The highest BCUT2D eigenvalue weighted by atomic mass is 35.5. The summed E-state index contributed by atoms with van der Waals surface area (Å²) in [5.41, 5.74) is 3.10. The van der Waals surface area contributed by atoms with Crippen LogP contribution in [0.4, 0.5) is 0 Å². The van der Waals surface area contributed by atoms with Crippen molar-refractivity contribution in [3.05, 3.63) is 101 Å². The number of likely N-dealkylation sites (N-methyl/N-ethyl adjacent to an activating group) is 1. The predicted molar refractivity (Wildman–Crippen MR) is 132 cm³/mol. The second-order valence-corrected chi connectivity index (χ2v) is 9.05. The Morgan fingerprint density at radius 3 is 2.22 bits per heavy atom. The summed E-state index contributed by atoms with van der Waals surface area (Å²) in [5, 5.41) is 3.37. The van der Waals surface area contributed by atoms with Crippen LogP contribution >= 0.6 is 23.4 Å². The van der Waals surface area contributed by atoms with E-state index in [2.05, 4.69) is 5.32 Å². The van der Waals surface area contributed by atoms with Gasteiger partial charge in [0, 0.05) is 29.9 Å². The highest BCUT2D eigenvalue weighted by Crippen LogP contribution is 2.22. The van der Waals surface area contributed by atoms with E-state index in [1.165, 1.54) is 17.3 Å². The van der Waals surface area contributed by atoms with Gasteiger partial charge in [0.1, 0.15) is 6.04 Å². The Morgan fingerprint density at radius 2 is 1.59 bits per heavy atom. The van der Waals surface area contributed by atoms with Crippen LogP contribution in [0.5, 0.6) is 0 Å². The molecule has 0 saturated carbocycles. The molecule has 1 atom stereocenters. The van der Waals surface area contributed by atoms with Crippen molar-refractivity contribution in [1.29, 1.82) is 0 Å². The number of nitrogens with zero attached hydrogens (tertiary/aromatic N) is 1. The van der Waals surface area contributed by atoms with Crippen LogP contribution in [0.1, 0.15) is 16.7 Å². The van der Waals surface area contributed by atoms with E-state index < -0.39 is 6.04 Å². The summed E-state index contributed by atoms with van der Waals surface area (Å²) in [4.78, 5) is 29.0. The Balaban J connectivity index is 1.85. The molecule has 3 rings (SSSR count). The zero-order valence-electron chi connectivity index (χ0n) is 18.3. The number of carbonyl (C=O) groups is 2. The van der Waals surface area contributed by atoms with Crippen molar-refractivity contribution < 1.29 is 9.59 Å². The number of thioether (sulfide) groups is 1. The first-order valence-corrected chi connectivity index (χ1v) is 11.8. The molecule has 0 saturated heterocycles. The maximum Gasteiger partial charge on any atom is 0.242 e. The van der Waals surface area contributed by atoms with Crippen molar-refractivity contribution in [3.63, 3.8) is 0 Å². The average Bonchev–Trinajstić information content (AvgIpc) is 2.82. The predicted octanol–water partition coefficient (Wildman–Crippen LogP) is 5.13. The Morgan fingerprint density at radius 1 is 0.938 bits per heavy atom. The van der Waals surface area contributed by atoms with Crippen molar-refractivity contribution in [2.24, 2.45) is 0 Å². The van der Waals surface area contributed by atoms with E-state index in [0.717, 1.165) is 16.0 Å². The monoisotopic (exact) mass is 466 g/mol. The van der Waals surface area contributed by atoms with Gasteiger partial charge in [0.05, 0.1) is 5.75 Å². The van der Waals surface area contributed by atoms with Gasteiger partial charge in [-0.1, -0.05) is 71.8 Å². The molecular formula is C26H27ClN2O2S. The minimum atomic E-state index is -0.621. The number of hydrogen-bond acceptors (Lipinski definition) is 3.